The van der Waals surface area contributed by atoms with E-state index in [4.69, 9.17) is 14.9 Å². The predicted octanol–water partition coefficient (Wildman–Crippen LogP) is 3.81. The van der Waals surface area contributed by atoms with Crippen molar-refractivity contribution in [3.05, 3.63) is 34.3 Å². The fourth-order valence-corrected chi connectivity index (χ4v) is 4.61. The highest BCUT2D eigenvalue weighted by atomic mass is 79.9. The molecule has 2 aliphatic rings. The van der Waals surface area contributed by atoms with Crippen LogP contribution in [0.15, 0.2) is 28.7 Å². The van der Waals surface area contributed by atoms with Gasteiger partial charge in [-0.15, -0.1) is 0 Å². The standard InChI is InChI=1S/C18H15BrN4O2/c1-3-13-16(2)24-14(11-5-4-6-12(19)7-11)17(8-20,9-21)18(13,10-22)15(23)25-16/h4-7,13-14,23H,3H2,1-2H3. The number of fused-ring (bicyclic) bond motifs is 2. The first-order valence-electron chi connectivity index (χ1n) is 7.80. The van der Waals surface area contributed by atoms with Crippen LogP contribution < -0.4 is 0 Å². The lowest BCUT2D eigenvalue weighted by atomic mass is 9.53. The van der Waals surface area contributed by atoms with E-state index in [0.717, 1.165) is 4.47 Å². The minimum atomic E-state index is -1.89. The second-order valence-corrected chi connectivity index (χ2v) is 7.33. The predicted molar refractivity (Wildman–Crippen MR) is 90.7 cm³/mol. The van der Waals surface area contributed by atoms with Gasteiger partial charge >= 0.3 is 0 Å². The first-order valence-corrected chi connectivity index (χ1v) is 8.59. The van der Waals surface area contributed by atoms with Crippen molar-refractivity contribution in [3.63, 3.8) is 0 Å². The molecule has 2 fully saturated rings. The fraction of sp³-hybridized carbons (Fsp3) is 0.444. The van der Waals surface area contributed by atoms with E-state index in [1.807, 2.05) is 25.1 Å². The Balaban J connectivity index is 2.34. The van der Waals surface area contributed by atoms with Crippen molar-refractivity contribution in [3.8, 4) is 18.2 Å². The van der Waals surface area contributed by atoms with E-state index in [0.29, 0.717) is 12.0 Å². The van der Waals surface area contributed by atoms with Gasteiger partial charge in [-0.05, 0) is 24.1 Å². The van der Waals surface area contributed by atoms with Crippen LogP contribution in [0, 0.1) is 56.2 Å². The molecule has 1 aromatic carbocycles. The lowest BCUT2D eigenvalue weighted by Crippen LogP contribution is -2.58. The summed E-state index contributed by atoms with van der Waals surface area (Å²) in [6.07, 6.45) is -0.585. The molecule has 0 spiro atoms. The number of rotatable bonds is 2. The second kappa shape index (κ2) is 5.56. The van der Waals surface area contributed by atoms with E-state index in [2.05, 4.69) is 22.0 Å². The molecule has 0 radical (unpaired) electrons. The molecule has 0 aromatic heterocycles. The van der Waals surface area contributed by atoms with E-state index >= 15 is 0 Å². The summed E-state index contributed by atoms with van der Waals surface area (Å²) in [5.74, 6) is -2.21. The molecule has 3 rings (SSSR count). The van der Waals surface area contributed by atoms with Crippen molar-refractivity contribution in [2.75, 3.05) is 0 Å². The highest BCUT2D eigenvalue weighted by Gasteiger charge is 2.78. The molecule has 2 bridgehead atoms. The molecule has 7 heteroatoms. The van der Waals surface area contributed by atoms with Crippen molar-refractivity contribution in [2.45, 2.75) is 32.2 Å². The van der Waals surface area contributed by atoms with E-state index < -0.39 is 28.6 Å². The minimum absolute atomic E-state index is 0.370. The summed E-state index contributed by atoms with van der Waals surface area (Å²) in [6.45, 7) is 3.50. The van der Waals surface area contributed by atoms with Gasteiger partial charge in [0.05, 0.1) is 24.1 Å². The topological polar surface area (TPSA) is 114 Å². The largest absolute Gasteiger partial charge is 0.448 e. The van der Waals surface area contributed by atoms with Gasteiger partial charge in [0.1, 0.15) is 6.10 Å². The molecule has 4 unspecified atom stereocenters. The maximum absolute atomic E-state index is 10.0. The first kappa shape index (κ1) is 17.4. The summed E-state index contributed by atoms with van der Waals surface area (Å²) < 4.78 is 12.5. The number of hydrogen-bond acceptors (Lipinski definition) is 6. The number of halogens is 1. The monoisotopic (exact) mass is 398 g/mol. The SMILES string of the molecule is CCC1C2(C)OC(=N)C1(C#N)C(C#N)(C#N)C(c1cccc(Br)c1)O2. The Morgan fingerprint density at radius 1 is 1.24 bits per heavy atom. The van der Waals surface area contributed by atoms with E-state index in [9.17, 15) is 15.8 Å². The van der Waals surface area contributed by atoms with Gasteiger partial charge in [0.15, 0.2) is 5.41 Å². The van der Waals surface area contributed by atoms with Crippen molar-refractivity contribution < 1.29 is 9.47 Å². The molecule has 1 N–H and O–H groups in total. The molecule has 2 aliphatic heterocycles. The van der Waals surface area contributed by atoms with Gasteiger partial charge in [0, 0.05) is 11.4 Å². The number of ether oxygens (including phenoxy) is 2. The maximum atomic E-state index is 10.0. The van der Waals surface area contributed by atoms with Crippen LogP contribution in [0.4, 0.5) is 0 Å². The average molecular weight is 399 g/mol. The van der Waals surface area contributed by atoms with E-state index in [1.165, 1.54) is 0 Å². The third-order valence-electron chi connectivity index (χ3n) is 5.27. The summed E-state index contributed by atoms with van der Waals surface area (Å²) in [7, 11) is 0. The molecule has 2 saturated heterocycles. The lowest BCUT2D eigenvalue weighted by Gasteiger charge is -2.48. The van der Waals surface area contributed by atoms with Crippen LogP contribution >= 0.6 is 15.9 Å². The van der Waals surface area contributed by atoms with Crippen LogP contribution in [0.2, 0.25) is 0 Å². The quantitative estimate of drug-likeness (QED) is 0.812. The van der Waals surface area contributed by atoms with Gasteiger partial charge in [-0.1, -0.05) is 35.0 Å². The summed E-state index contributed by atoms with van der Waals surface area (Å²) in [4.78, 5) is 0. The van der Waals surface area contributed by atoms with Gasteiger partial charge < -0.3 is 9.47 Å². The van der Waals surface area contributed by atoms with Crippen LogP contribution in [-0.2, 0) is 9.47 Å². The van der Waals surface area contributed by atoms with Crippen LogP contribution in [0.25, 0.3) is 0 Å². The molecule has 4 atom stereocenters. The molecule has 0 saturated carbocycles. The van der Waals surface area contributed by atoms with Crippen molar-refractivity contribution >= 4 is 21.8 Å². The molecular formula is C18H15BrN4O2. The summed E-state index contributed by atoms with van der Waals surface area (Å²) in [5.41, 5.74) is -3.00. The molecular weight excluding hydrogens is 384 g/mol. The minimum Gasteiger partial charge on any atom is -0.448 e. The smallest absolute Gasteiger partial charge is 0.214 e. The summed E-state index contributed by atoms with van der Waals surface area (Å²) in [5, 5.41) is 38.4. The van der Waals surface area contributed by atoms with Crippen molar-refractivity contribution in [1.82, 2.24) is 0 Å². The molecule has 0 aliphatic carbocycles. The molecule has 6 nitrogen and oxygen atoms in total. The zero-order valence-corrected chi connectivity index (χ0v) is 15.3. The van der Waals surface area contributed by atoms with Gasteiger partial charge in [0.2, 0.25) is 17.1 Å². The average Bonchev–Trinajstić information content (AvgIpc) is 2.77. The Morgan fingerprint density at radius 2 is 1.92 bits per heavy atom. The lowest BCUT2D eigenvalue weighted by molar-refractivity contribution is -0.273. The van der Waals surface area contributed by atoms with Gasteiger partial charge in [-0.2, -0.15) is 15.8 Å². The van der Waals surface area contributed by atoms with Gasteiger partial charge in [-0.3, -0.25) is 5.41 Å². The summed E-state index contributed by atoms with van der Waals surface area (Å²) >= 11 is 3.38. The van der Waals surface area contributed by atoms with Crippen molar-refractivity contribution in [1.29, 1.82) is 21.2 Å². The highest BCUT2D eigenvalue weighted by molar-refractivity contribution is 9.10. The van der Waals surface area contributed by atoms with E-state index in [1.54, 1.807) is 25.1 Å². The zero-order valence-electron chi connectivity index (χ0n) is 13.7. The molecule has 0 amide bonds. The van der Waals surface area contributed by atoms with E-state index in [-0.39, 0.29) is 5.90 Å². The number of hydrogen-bond donors (Lipinski definition) is 1. The number of nitrogens with one attached hydrogen (secondary N) is 1. The highest BCUT2D eigenvalue weighted by Crippen LogP contribution is 2.67. The molecule has 1 aromatic rings. The molecule has 126 valence electrons. The number of nitrogens with zero attached hydrogens (tertiary/aromatic N) is 3. The van der Waals surface area contributed by atoms with Gasteiger partial charge in [-0.25, -0.2) is 0 Å². The Kier molecular flexibility index (Phi) is 3.88. The summed E-state index contributed by atoms with van der Waals surface area (Å²) in [6, 6.07) is 13.2. The number of benzene rings is 1. The first-order chi connectivity index (χ1) is 11.8. The zero-order chi connectivity index (χ0) is 18.5. The van der Waals surface area contributed by atoms with Crippen LogP contribution in [0.3, 0.4) is 0 Å². The Hall–Kier alpha value is -2.40. The number of nitriles is 3. The Labute approximate surface area is 154 Å². The normalized spacial score (nSPS) is 35.1. The van der Waals surface area contributed by atoms with Crippen molar-refractivity contribution in [2.24, 2.45) is 16.7 Å². The maximum Gasteiger partial charge on any atom is 0.214 e. The van der Waals surface area contributed by atoms with Crippen LogP contribution in [0.1, 0.15) is 31.9 Å². The molecule has 2 heterocycles. The van der Waals surface area contributed by atoms with Crippen LogP contribution in [-0.4, -0.2) is 11.7 Å². The van der Waals surface area contributed by atoms with Gasteiger partial charge in [0.25, 0.3) is 0 Å². The molecule has 25 heavy (non-hydrogen) atoms. The Bertz CT molecular complexity index is 866. The fourth-order valence-electron chi connectivity index (χ4n) is 4.20. The van der Waals surface area contributed by atoms with Crippen LogP contribution in [0.5, 0.6) is 0 Å². The second-order valence-electron chi connectivity index (χ2n) is 6.41. The third kappa shape index (κ3) is 1.93. The Morgan fingerprint density at radius 3 is 2.44 bits per heavy atom. The third-order valence-corrected chi connectivity index (χ3v) is 5.77.